The molecule has 0 saturated carbocycles. The van der Waals surface area contributed by atoms with Crippen LogP contribution in [0.3, 0.4) is 0 Å². The van der Waals surface area contributed by atoms with Crippen molar-refractivity contribution >= 4 is 34.0 Å². The minimum Gasteiger partial charge on any atom is -0.313 e. The van der Waals surface area contributed by atoms with Gasteiger partial charge in [0.15, 0.2) is 0 Å². The number of rotatable bonds is 3. The van der Waals surface area contributed by atoms with Crippen LogP contribution in [0, 0.1) is 0 Å². The molecule has 1 saturated heterocycles. The number of halogens is 2. The molecule has 3 rings (SSSR count). The first-order valence-electron chi connectivity index (χ1n) is 6.82. The Morgan fingerprint density at radius 1 is 1.26 bits per heavy atom. The summed E-state index contributed by atoms with van der Waals surface area (Å²) in [6, 6.07) is 4.80. The molecule has 3 heterocycles. The number of sulfonamides is 1. The van der Waals surface area contributed by atoms with Gasteiger partial charge in [-0.05, 0) is 17.7 Å². The molecule has 6 nitrogen and oxygen atoms in total. The van der Waals surface area contributed by atoms with Crippen LogP contribution in [0.15, 0.2) is 47.9 Å². The second kappa shape index (κ2) is 7.55. The molecular weight excluding hydrogens is 359 g/mol. The highest BCUT2D eigenvalue weighted by molar-refractivity contribution is 7.89. The van der Waals surface area contributed by atoms with Crippen molar-refractivity contribution in [1.29, 1.82) is 0 Å². The van der Waals surface area contributed by atoms with Gasteiger partial charge in [0.2, 0.25) is 10.0 Å². The summed E-state index contributed by atoms with van der Waals surface area (Å²) in [5, 5.41) is 3.52. The van der Waals surface area contributed by atoms with Crippen LogP contribution in [0.25, 0.3) is 0 Å². The molecule has 2 aromatic heterocycles. The molecular formula is C14H16Cl2N4O2S. The van der Waals surface area contributed by atoms with Crippen molar-refractivity contribution in [2.24, 2.45) is 0 Å². The topological polar surface area (TPSA) is 75.2 Å². The molecule has 124 valence electrons. The van der Waals surface area contributed by atoms with Crippen molar-refractivity contribution in [3.05, 3.63) is 53.6 Å². The third kappa shape index (κ3) is 3.81. The van der Waals surface area contributed by atoms with E-state index in [2.05, 4.69) is 15.3 Å². The maximum absolute atomic E-state index is 12.9. The highest BCUT2D eigenvalue weighted by atomic mass is 35.5. The molecule has 1 aliphatic heterocycles. The van der Waals surface area contributed by atoms with E-state index in [1.54, 1.807) is 18.5 Å². The standard InChI is InChI=1S/C14H15ClN4O2S.ClH/c15-12-6-13(9-18-8-12)22(20,21)19-5-4-17-10-14(19)11-2-1-3-16-7-11;/h1-3,6-9,14,17H,4-5,10H2;1H. The summed E-state index contributed by atoms with van der Waals surface area (Å²) in [6.45, 7) is 1.53. The van der Waals surface area contributed by atoms with E-state index >= 15 is 0 Å². The largest absolute Gasteiger partial charge is 0.313 e. The van der Waals surface area contributed by atoms with Crippen LogP contribution in [-0.4, -0.2) is 42.3 Å². The van der Waals surface area contributed by atoms with Crippen LogP contribution < -0.4 is 5.32 Å². The highest BCUT2D eigenvalue weighted by Gasteiger charge is 2.34. The molecule has 0 aliphatic carbocycles. The van der Waals surface area contributed by atoms with Crippen LogP contribution in [0.5, 0.6) is 0 Å². The third-order valence-electron chi connectivity index (χ3n) is 3.55. The summed E-state index contributed by atoms with van der Waals surface area (Å²) in [5.74, 6) is 0. The normalized spacial score (nSPS) is 19.1. The van der Waals surface area contributed by atoms with Crippen molar-refractivity contribution in [2.45, 2.75) is 10.9 Å². The summed E-state index contributed by atoms with van der Waals surface area (Å²) in [6.07, 6.45) is 6.09. The molecule has 0 spiro atoms. The lowest BCUT2D eigenvalue weighted by Gasteiger charge is -2.35. The van der Waals surface area contributed by atoms with E-state index in [1.807, 2.05) is 6.07 Å². The van der Waals surface area contributed by atoms with Gasteiger partial charge >= 0.3 is 0 Å². The summed E-state index contributed by atoms with van der Waals surface area (Å²) < 4.78 is 27.3. The molecule has 2 aromatic rings. The zero-order valence-electron chi connectivity index (χ0n) is 12.1. The first-order chi connectivity index (χ1) is 10.6. The second-order valence-electron chi connectivity index (χ2n) is 4.96. The number of nitrogens with zero attached hydrogens (tertiary/aromatic N) is 3. The second-order valence-corrected chi connectivity index (χ2v) is 7.29. The Kier molecular flexibility index (Phi) is 5.94. The fourth-order valence-corrected chi connectivity index (χ4v) is 4.34. The molecule has 1 aliphatic rings. The molecule has 23 heavy (non-hydrogen) atoms. The van der Waals surface area contributed by atoms with Gasteiger partial charge in [-0.1, -0.05) is 17.7 Å². The summed E-state index contributed by atoms with van der Waals surface area (Å²) in [7, 11) is -3.66. The lowest BCUT2D eigenvalue weighted by atomic mass is 10.1. The summed E-state index contributed by atoms with van der Waals surface area (Å²) in [4.78, 5) is 8.07. The Morgan fingerprint density at radius 3 is 2.78 bits per heavy atom. The van der Waals surface area contributed by atoms with E-state index in [0.29, 0.717) is 24.7 Å². The van der Waals surface area contributed by atoms with Crippen molar-refractivity contribution in [1.82, 2.24) is 19.6 Å². The Morgan fingerprint density at radius 2 is 2.09 bits per heavy atom. The summed E-state index contributed by atoms with van der Waals surface area (Å²) in [5.41, 5.74) is 0.855. The number of nitrogens with one attached hydrogen (secondary N) is 1. The van der Waals surface area contributed by atoms with Crippen molar-refractivity contribution in [3.8, 4) is 0 Å². The van der Waals surface area contributed by atoms with Gasteiger partial charge in [-0.25, -0.2) is 8.42 Å². The van der Waals surface area contributed by atoms with Gasteiger partial charge in [0.1, 0.15) is 4.90 Å². The molecule has 9 heteroatoms. The third-order valence-corrected chi connectivity index (χ3v) is 5.63. The van der Waals surface area contributed by atoms with Gasteiger partial charge in [-0.2, -0.15) is 4.31 Å². The molecule has 0 bridgehead atoms. The fourth-order valence-electron chi connectivity index (χ4n) is 2.50. The molecule has 1 fully saturated rings. The van der Waals surface area contributed by atoms with E-state index in [0.717, 1.165) is 5.56 Å². The summed E-state index contributed by atoms with van der Waals surface area (Å²) >= 11 is 5.88. The van der Waals surface area contributed by atoms with E-state index < -0.39 is 10.0 Å². The number of hydrogen-bond acceptors (Lipinski definition) is 5. The zero-order chi connectivity index (χ0) is 15.6. The predicted octanol–water partition coefficient (Wildman–Crippen LogP) is 1.89. The number of pyridine rings is 2. The van der Waals surface area contributed by atoms with Crippen molar-refractivity contribution in [3.63, 3.8) is 0 Å². The van der Waals surface area contributed by atoms with Gasteiger partial charge in [-0.3, -0.25) is 9.97 Å². The zero-order valence-corrected chi connectivity index (χ0v) is 14.5. The SMILES string of the molecule is Cl.O=S(=O)(c1cncc(Cl)c1)N1CCNCC1c1cccnc1. The average Bonchev–Trinajstić information content (AvgIpc) is 2.56. The van der Waals surface area contributed by atoms with Crippen LogP contribution in [-0.2, 0) is 10.0 Å². The lowest BCUT2D eigenvalue weighted by molar-refractivity contribution is 0.271. The van der Waals surface area contributed by atoms with Crippen LogP contribution in [0.1, 0.15) is 11.6 Å². The van der Waals surface area contributed by atoms with Crippen molar-refractivity contribution < 1.29 is 8.42 Å². The van der Waals surface area contributed by atoms with E-state index in [4.69, 9.17) is 11.6 Å². The molecule has 1 unspecified atom stereocenters. The van der Waals surface area contributed by atoms with E-state index in [1.165, 1.54) is 22.8 Å². The van der Waals surface area contributed by atoms with Crippen LogP contribution >= 0.6 is 24.0 Å². The molecule has 0 radical (unpaired) electrons. The van der Waals surface area contributed by atoms with Gasteiger partial charge in [0.25, 0.3) is 0 Å². The van der Waals surface area contributed by atoms with E-state index in [9.17, 15) is 8.42 Å². The lowest BCUT2D eigenvalue weighted by Crippen LogP contribution is -2.48. The predicted molar refractivity (Wildman–Crippen MR) is 90.2 cm³/mol. The number of piperazine rings is 1. The Balaban J connectivity index is 0.00000192. The fraction of sp³-hybridized carbons (Fsp3) is 0.286. The molecule has 0 aromatic carbocycles. The maximum Gasteiger partial charge on any atom is 0.245 e. The number of aromatic nitrogens is 2. The quantitative estimate of drug-likeness (QED) is 0.887. The molecule has 0 amide bonds. The average molecular weight is 375 g/mol. The Labute approximate surface area is 146 Å². The maximum atomic E-state index is 12.9. The monoisotopic (exact) mass is 374 g/mol. The van der Waals surface area contributed by atoms with Crippen molar-refractivity contribution in [2.75, 3.05) is 19.6 Å². The first kappa shape index (κ1) is 18.1. The van der Waals surface area contributed by atoms with Gasteiger partial charge in [0, 0.05) is 44.4 Å². The van der Waals surface area contributed by atoms with Crippen LogP contribution in [0.4, 0.5) is 0 Å². The Bertz CT molecular complexity index is 758. The van der Waals surface area contributed by atoms with Gasteiger partial charge in [-0.15, -0.1) is 12.4 Å². The van der Waals surface area contributed by atoms with E-state index in [-0.39, 0.29) is 23.3 Å². The minimum absolute atomic E-state index is 0. The highest BCUT2D eigenvalue weighted by Crippen LogP contribution is 2.28. The van der Waals surface area contributed by atoms with Gasteiger partial charge < -0.3 is 5.32 Å². The van der Waals surface area contributed by atoms with Crippen LogP contribution in [0.2, 0.25) is 5.02 Å². The molecule has 1 N–H and O–H groups in total. The Hall–Kier alpha value is -1.25. The minimum atomic E-state index is -3.66. The first-order valence-corrected chi connectivity index (χ1v) is 8.64. The smallest absolute Gasteiger partial charge is 0.245 e. The van der Waals surface area contributed by atoms with Gasteiger partial charge in [0.05, 0.1) is 11.1 Å². The molecule has 1 atom stereocenters. The number of hydrogen-bond donors (Lipinski definition) is 1.